The van der Waals surface area contributed by atoms with E-state index in [-0.39, 0.29) is 5.82 Å². The Morgan fingerprint density at radius 3 is 2.62 bits per heavy atom. The van der Waals surface area contributed by atoms with Crippen molar-refractivity contribution in [2.45, 2.75) is 46.7 Å². The fraction of sp³-hybridized carbons (Fsp3) is 0.471. The maximum absolute atomic E-state index is 13.5. The van der Waals surface area contributed by atoms with Crippen LogP contribution in [0.3, 0.4) is 0 Å². The first-order chi connectivity index (χ1) is 10.1. The van der Waals surface area contributed by atoms with E-state index in [1.54, 1.807) is 6.07 Å². The van der Waals surface area contributed by atoms with Gasteiger partial charge in [-0.05, 0) is 50.1 Å². The Morgan fingerprint density at radius 1 is 1.24 bits per heavy atom. The van der Waals surface area contributed by atoms with E-state index in [0.717, 1.165) is 36.2 Å². The molecule has 1 aromatic carbocycles. The van der Waals surface area contributed by atoms with Gasteiger partial charge in [0.2, 0.25) is 0 Å². The van der Waals surface area contributed by atoms with Gasteiger partial charge in [0, 0.05) is 17.8 Å². The Kier molecular flexibility index (Phi) is 5.12. The Balaban J connectivity index is 2.41. The molecule has 0 aliphatic carbocycles. The van der Waals surface area contributed by atoms with Crippen molar-refractivity contribution in [1.29, 1.82) is 0 Å². The predicted octanol–water partition coefficient (Wildman–Crippen LogP) is 3.22. The van der Waals surface area contributed by atoms with Crippen LogP contribution in [0.25, 0.3) is 0 Å². The third-order valence-corrected chi connectivity index (χ3v) is 3.90. The van der Waals surface area contributed by atoms with Gasteiger partial charge in [-0.1, -0.05) is 19.9 Å². The van der Waals surface area contributed by atoms with Crippen molar-refractivity contribution in [1.82, 2.24) is 15.1 Å². The summed E-state index contributed by atoms with van der Waals surface area (Å²) >= 11 is 0. The summed E-state index contributed by atoms with van der Waals surface area (Å²) in [4.78, 5) is 0. The van der Waals surface area contributed by atoms with Crippen molar-refractivity contribution in [3.63, 3.8) is 0 Å². The van der Waals surface area contributed by atoms with Crippen LogP contribution in [-0.2, 0) is 25.9 Å². The van der Waals surface area contributed by atoms with Crippen LogP contribution in [0.5, 0.6) is 0 Å². The third-order valence-electron chi connectivity index (χ3n) is 3.90. The fourth-order valence-corrected chi connectivity index (χ4v) is 2.75. The molecular weight excluding hydrogens is 265 g/mol. The number of halogens is 1. The Morgan fingerprint density at radius 2 is 2.00 bits per heavy atom. The fourth-order valence-electron chi connectivity index (χ4n) is 2.75. The summed E-state index contributed by atoms with van der Waals surface area (Å²) in [6.07, 6.45) is 1.84. The van der Waals surface area contributed by atoms with Gasteiger partial charge < -0.3 is 5.32 Å². The van der Waals surface area contributed by atoms with Crippen molar-refractivity contribution < 1.29 is 4.39 Å². The van der Waals surface area contributed by atoms with E-state index in [0.29, 0.717) is 6.54 Å². The highest BCUT2D eigenvalue weighted by Gasteiger charge is 2.15. The monoisotopic (exact) mass is 289 g/mol. The lowest BCUT2D eigenvalue weighted by atomic mass is 10.1. The van der Waals surface area contributed by atoms with Crippen molar-refractivity contribution >= 4 is 0 Å². The SMILES string of the molecule is CCc1nn(Cc2cc(F)ccc2C)c(CC)c1CNC. The summed E-state index contributed by atoms with van der Waals surface area (Å²) in [5, 5.41) is 7.96. The second kappa shape index (κ2) is 6.85. The van der Waals surface area contributed by atoms with E-state index >= 15 is 0 Å². The molecule has 0 aliphatic rings. The van der Waals surface area contributed by atoms with Gasteiger partial charge in [-0.15, -0.1) is 0 Å². The van der Waals surface area contributed by atoms with Gasteiger partial charge in [0.05, 0.1) is 12.2 Å². The Labute approximate surface area is 126 Å². The van der Waals surface area contributed by atoms with Crippen molar-refractivity contribution in [3.05, 3.63) is 52.1 Å². The smallest absolute Gasteiger partial charge is 0.123 e. The number of aromatic nitrogens is 2. The molecule has 0 saturated heterocycles. The van der Waals surface area contributed by atoms with Crippen LogP contribution in [-0.4, -0.2) is 16.8 Å². The van der Waals surface area contributed by atoms with Crippen LogP contribution in [0.2, 0.25) is 0 Å². The van der Waals surface area contributed by atoms with Gasteiger partial charge in [-0.2, -0.15) is 5.10 Å². The molecule has 4 heteroatoms. The maximum Gasteiger partial charge on any atom is 0.123 e. The average Bonchev–Trinajstić information content (AvgIpc) is 2.80. The van der Waals surface area contributed by atoms with Crippen LogP contribution < -0.4 is 5.32 Å². The molecular formula is C17H24FN3. The highest BCUT2D eigenvalue weighted by atomic mass is 19.1. The molecule has 0 unspecified atom stereocenters. The van der Waals surface area contributed by atoms with E-state index in [2.05, 4.69) is 19.2 Å². The van der Waals surface area contributed by atoms with Gasteiger partial charge in [-0.3, -0.25) is 4.68 Å². The second-order valence-corrected chi connectivity index (χ2v) is 5.34. The maximum atomic E-state index is 13.5. The highest BCUT2D eigenvalue weighted by molar-refractivity contribution is 5.30. The Hall–Kier alpha value is -1.68. The van der Waals surface area contributed by atoms with Gasteiger partial charge in [-0.25, -0.2) is 4.39 Å². The summed E-state index contributed by atoms with van der Waals surface area (Å²) < 4.78 is 15.5. The summed E-state index contributed by atoms with van der Waals surface area (Å²) in [5.74, 6) is -0.188. The molecule has 21 heavy (non-hydrogen) atoms. The summed E-state index contributed by atoms with van der Waals surface area (Å²) in [6.45, 7) is 7.74. The molecule has 114 valence electrons. The molecule has 1 heterocycles. The lowest BCUT2D eigenvalue weighted by Crippen LogP contribution is -2.11. The number of benzene rings is 1. The molecule has 3 nitrogen and oxygen atoms in total. The lowest BCUT2D eigenvalue weighted by Gasteiger charge is -2.10. The van der Waals surface area contributed by atoms with E-state index in [9.17, 15) is 4.39 Å². The minimum atomic E-state index is -0.188. The molecule has 2 aromatic rings. The summed E-state index contributed by atoms with van der Waals surface area (Å²) in [7, 11) is 1.95. The minimum absolute atomic E-state index is 0.188. The molecule has 1 aromatic heterocycles. The minimum Gasteiger partial charge on any atom is -0.316 e. The van der Waals surface area contributed by atoms with Gasteiger partial charge in [0.1, 0.15) is 5.82 Å². The second-order valence-electron chi connectivity index (χ2n) is 5.34. The summed E-state index contributed by atoms with van der Waals surface area (Å²) in [6, 6.07) is 4.95. The van der Waals surface area contributed by atoms with Gasteiger partial charge >= 0.3 is 0 Å². The summed E-state index contributed by atoms with van der Waals surface area (Å²) in [5.41, 5.74) is 5.75. The zero-order valence-electron chi connectivity index (χ0n) is 13.3. The van der Waals surface area contributed by atoms with E-state index in [4.69, 9.17) is 5.10 Å². The van der Waals surface area contributed by atoms with Crippen LogP contribution in [0.1, 0.15) is 41.9 Å². The number of rotatable bonds is 6. The topological polar surface area (TPSA) is 29.9 Å². The molecule has 0 spiro atoms. The molecule has 0 atom stereocenters. The Bertz CT molecular complexity index is 617. The molecule has 0 fully saturated rings. The molecule has 0 amide bonds. The number of nitrogens with zero attached hydrogens (tertiary/aromatic N) is 2. The van der Waals surface area contributed by atoms with Crippen LogP contribution in [0.15, 0.2) is 18.2 Å². The van der Waals surface area contributed by atoms with E-state index in [1.165, 1.54) is 17.3 Å². The quantitative estimate of drug-likeness (QED) is 0.885. The molecule has 0 aliphatic heterocycles. The largest absolute Gasteiger partial charge is 0.316 e. The number of nitrogens with one attached hydrogen (secondary N) is 1. The van der Waals surface area contributed by atoms with Crippen molar-refractivity contribution in [2.75, 3.05) is 7.05 Å². The highest BCUT2D eigenvalue weighted by Crippen LogP contribution is 2.19. The molecule has 0 bridgehead atoms. The molecule has 1 N–H and O–H groups in total. The predicted molar refractivity (Wildman–Crippen MR) is 84.0 cm³/mol. The van der Waals surface area contributed by atoms with Crippen LogP contribution >= 0.6 is 0 Å². The number of aryl methyl sites for hydroxylation is 2. The molecule has 2 rings (SSSR count). The first-order valence-corrected chi connectivity index (χ1v) is 7.57. The van der Waals surface area contributed by atoms with E-state index < -0.39 is 0 Å². The van der Waals surface area contributed by atoms with E-state index in [1.807, 2.05) is 24.7 Å². The normalized spacial score (nSPS) is 11.1. The van der Waals surface area contributed by atoms with Crippen LogP contribution in [0, 0.1) is 12.7 Å². The van der Waals surface area contributed by atoms with Gasteiger partial charge in [0.15, 0.2) is 0 Å². The zero-order chi connectivity index (χ0) is 15.4. The first-order valence-electron chi connectivity index (χ1n) is 7.57. The zero-order valence-corrected chi connectivity index (χ0v) is 13.3. The number of hydrogen-bond donors (Lipinski definition) is 1. The van der Waals surface area contributed by atoms with Crippen molar-refractivity contribution in [3.8, 4) is 0 Å². The van der Waals surface area contributed by atoms with Crippen LogP contribution in [0.4, 0.5) is 4.39 Å². The standard InChI is InChI=1S/C17H24FN3/c1-5-16-15(10-19-4)17(6-2)21(20-16)11-13-9-14(18)8-7-12(13)3/h7-9,19H,5-6,10-11H2,1-4H3. The number of hydrogen-bond acceptors (Lipinski definition) is 2. The molecule has 0 radical (unpaired) electrons. The van der Waals surface area contributed by atoms with Crippen molar-refractivity contribution in [2.24, 2.45) is 0 Å². The average molecular weight is 289 g/mol. The first kappa shape index (κ1) is 15.7. The molecule has 0 saturated carbocycles. The van der Waals surface area contributed by atoms with Gasteiger partial charge in [0.25, 0.3) is 0 Å². The third kappa shape index (κ3) is 3.32. The lowest BCUT2D eigenvalue weighted by molar-refractivity contribution is 0.609.